The Labute approximate surface area is 272 Å². The highest BCUT2D eigenvalue weighted by Crippen LogP contribution is 2.44. The molecule has 1 aliphatic rings. The third-order valence-corrected chi connectivity index (χ3v) is 8.55. The van der Waals surface area contributed by atoms with Crippen LogP contribution in [0.5, 0.6) is 0 Å². The number of fused-ring (bicyclic) bond motifs is 4. The van der Waals surface area contributed by atoms with Crippen molar-refractivity contribution in [3.05, 3.63) is 108 Å². The van der Waals surface area contributed by atoms with Gasteiger partial charge in [-0.3, -0.25) is 4.79 Å². The van der Waals surface area contributed by atoms with Crippen LogP contribution in [0.3, 0.4) is 0 Å². The Hall–Kier alpha value is -4.20. The summed E-state index contributed by atoms with van der Waals surface area (Å²) in [5.74, 6) is 0.127. The van der Waals surface area contributed by atoms with Gasteiger partial charge < -0.3 is 24.4 Å². The van der Waals surface area contributed by atoms with Crippen molar-refractivity contribution in [1.82, 2.24) is 10.2 Å². The summed E-state index contributed by atoms with van der Waals surface area (Å²) >= 11 is 0. The summed E-state index contributed by atoms with van der Waals surface area (Å²) in [4.78, 5) is 29.6. The lowest BCUT2D eigenvalue weighted by atomic mass is 9.98. The maximum absolute atomic E-state index is 14.3. The van der Waals surface area contributed by atoms with Crippen molar-refractivity contribution in [2.24, 2.45) is 5.92 Å². The normalized spacial score (nSPS) is 13.1. The van der Waals surface area contributed by atoms with Crippen LogP contribution in [0, 0.1) is 5.92 Å². The third-order valence-electron chi connectivity index (χ3n) is 8.55. The quantitative estimate of drug-likeness (QED) is 0.139. The fraction of sp³-hybridized carbons (Fsp3) is 0.385. The Bertz CT molecular complexity index is 1570. The standard InChI is InChI=1S/C39H46N2O5/c1-5-44-37(45-6-2)25-41(22-21-27(3)4)38(42)36(24-28-19-20-29-13-7-8-14-30(29)23-28)40-39(43)46-26-35-33-17-11-9-15-31(33)32-16-10-12-18-34(32)35/h7-20,23,27,35-37H,5-6,21-22,24-26H2,1-4H3,(H,40,43)/t36-/m0/s1. The molecule has 4 aromatic carbocycles. The Kier molecular flexibility index (Phi) is 11.4. The second kappa shape index (κ2) is 15.9. The highest BCUT2D eigenvalue weighted by atomic mass is 16.7. The molecule has 1 aliphatic carbocycles. The van der Waals surface area contributed by atoms with E-state index in [1.807, 2.05) is 56.3 Å². The summed E-state index contributed by atoms with van der Waals surface area (Å²) in [7, 11) is 0. The van der Waals surface area contributed by atoms with E-state index >= 15 is 0 Å². The molecule has 0 spiro atoms. The fourth-order valence-corrected chi connectivity index (χ4v) is 6.22. The molecular formula is C39H46N2O5. The van der Waals surface area contributed by atoms with Crippen LogP contribution in [0.4, 0.5) is 4.79 Å². The smallest absolute Gasteiger partial charge is 0.407 e. The van der Waals surface area contributed by atoms with E-state index < -0.39 is 18.4 Å². The number of nitrogens with one attached hydrogen (secondary N) is 1. The van der Waals surface area contributed by atoms with E-state index in [0.717, 1.165) is 45.0 Å². The summed E-state index contributed by atoms with van der Waals surface area (Å²) < 4.78 is 17.5. The number of hydrogen-bond acceptors (Lipinski definition) is 5. The van der Waals surface area contributed by atoms with E-state index in [4.69, 9.17) is 14.2 Å². The molecule has 2 amide bonds. The number of alkyl carbamates (subject to hydrolysis) is 1. The van der Waals surface area contributed by atoms with Gasteiger partial charge in [-0.05, 0) is 64.8 Å². The van der Waals surface area contributed by atoms with Crippen LogP contribution >= 0.6 is 0 Å². The van der Waals surface area contributed by atoms with Gasteiger partial charge in [0.25, 0.3) is 0 Å². The minimum absolute atomic E-state index is 0.0755. The van der Waals surface area contributed by atoms with Crippen LogP contribution < -0.4 is 5.32 Å². The van der Waals surface area contributed by atoms with Gasteiger partial charge in [0.2, 0.25) is 5.91 Å². The van der Waals surface area contributed by atoms with Crippen molar-refractivity contribution in [2.45, 2.75) is 58.8 Å². The van der Waals surface area contributed by atoms with Gasteiger partial charge in [0, 0.05) is 32.1 Å². The molecule has 0 saturated carbocycles. The van der Waals surface area contributed by atoms with E-state index in [1.54, 1.807) is 4.90 Å². The molecule has 7 heteroatoms. The minimum atomic E-state index is -0.840. The molecule has 0 aromatic heterocycles. The van der Waals surface area contributed by atoms with Gasteiger partial charge in [0.05, 0.1) is 6.54 Å². The van der Waals surface area contributed by atoms with Crippen LogP contribution in [0.2, 0.25) is 0 Å². The number of ether oxygens (including phenoxy) is 3. The second-order valence-electron chi connectivity index (χ2n) is 12.2. The molecule has 0 aliphatic heterocycles. The summed E-state index contributed by atoms with van der Waals surface area (Å²) in [6, 6.07) is 29.9. The van der Waals surface area contributed by atoms with Crippen LogP contribution in [0.1, 0.15) is 56.7 Å². The number of nitrogens with zero attached hydrogens (tertiary/aromatic N) is 1. The van der Waals surface area contributed by atoms with Crippen molar-refractivity contribution in [3.63, 3.8) is 0 Å². The van der Waals surface area contributed by atoms with Gasteiger partial charge in [-0.2, -0.15) is 0 Å². The van der Waals surface area contributed by atoms with Crippen LogP contribution in [-0.2, 0) is 25.4 Å². The van der Waals surface area contributed by atoms with Gasteiger partial charge in [0.15, 0.2) is 6.29 Å². The van der Waals surface area contributed by atoms with Gasteiger partial charge in [0.1, 0.15) is 12.6 Å². The number of rotatable bonds is 15. The van der Waals surface area contributed by atoms with E-state index in [1.165, 1.54) is 0 Å². The largest absolute Gasteiger partial charge is 0.449 e. The molecule has 0 bridgehead atoms. The van der Waals surface area contributed by atoms with Crippen molar-refractivity contribution < 1.29 is 23.8 Å². The van der Waals surface area contributed by atoms with Crippen molar-refractivity contribution in [3.8, 4) is 11.1 Å². The first kappa shape index (κ1) is 33.2. The lowest BCUT2D eigenvalue weighted by Crippen LogP contribution is -2.52. The van der Waals surface area contributed by atoms with Gasteiger partial charge in [-0.15, -0.1) is 0 Å². The number of benzene rings is 4. The molecule has 4 aromatic rings. The van der Waals surface area contributed by atoms with E-state index in [-0.39, 0.29) is 25.0 Å². The van der Waals surface area contributed by atoms with E-state index in [2.05, 4.69) is 67.7 Å². The van der Waals surface area contributed by atoms with Gasteiger partial charge in [-0.1, -0.05) is 105 Å². The SMILES string of the molecule is CCOC(CN(CCC(C)C)C(=O)[C@H](Cc1ccc2ccccc2c1)NC(=O)OCC1c2ccccc2-c2ccccc21)OCC. The highest BCUT2D eigenvalue weighted by molar-refractivity contribution is 5.87. The summed E-state index contributed by atoms with van der Waals surface area (Å²) in [5.41, 5.74) is 5.55. The molecule has 0 unspecified atom stereocenters. The molecule has 242 valence electrons. The first-order valence-electron chi connectivity index (χ1n) is 16.5. The maximum Gasteiger partial charge on any atom is 0.407 e. The zero-order valence-corrected chi connectivity index (χ0v) is 27.4. The average molecular weight is 623 g/mol. The predicted octanol–water partition coefficient (Wildman–Crippen LogP) is 7.56. The summed E-state index contributed by atoms with van der Waals surface area (Å²) in [5, 5.41) is 5.16. The number of amides is 2. The average Bonchev–Trinajstić information content (AvgIpc) is 3.38. The monoisotopic (exact) mass is 622 g/mol. The van der Waals surface area contributed by atoms with Crippen molar-refractivity contribution in [1.29, 1.82) is 0 Å². The van der Waals surface area contributed by atoms with Gasteiger partial charge >= 0.3 is 6.09 Å². The highest BCUT2D eigenvalue weighted by Gasteiger charge is 2.32. The summed E-state index contributed by atoms with van der Waals surface area (Å²) in [6.07, 6.45) is -0.0394. The molecule has 0 heterocycles. The lowest BCUT2D eigenvalue weighted by molar-refractivity contribution is -0.160. The van der Waals surface area contributed by atoms with E-state index in [0.29, 0.717) is 32.1 Å². The molecule has 0 radical (unpaired) electrons. The Morgan fingerprint density at radius 1 is 0.804 bits per heavy atom. The topological polar surface area (TPSA) is 77.1 Å². The minimum Gasteiger partial charge on any atom is -0.449 e. The molecular weight excluding hydrogens is 576 g/mol. The maximum atomic E-state index is 14.3. The predicted molar refractivity (Wildman–Crippen MR) is 183 cm³/mol. The molecule has 1 atom stereocenters. The molecule has 1 N–H and O–H groups in total. The Morgan fingerprint density at radius 2 is 1.41 bits per heavy atom. The summed E-state index contributed by atoms with van der Waals surface area (Å²) in [6.45, 7) is 9.98. The Morgan fingerprint density at radius 3 is 2.04 bits per heavy atom. The van der Waals surface area contributed by atoms with E-state index in [9.17, 15) is 9.59 Å². The van der Waals surface area contributed by atoms with Crippen LogP contribution in [0.15, 0.2) is 91.0 Å². The van der Waals surface area contributed by atoms with Crippen LogP contribution in [-0.4, -0.2) is 62.1 Å². The molecule has 46 heavy (non-hydrogen) atoms. The van der Waals surface area contributed by atoms with Gasteiger partial charge in [-0.25, -0.2) is 4.79 Å². The number of carbonyl (C=O) groups excluding carboxylic acids is 2. The zero-order valence-electron chi connectivity index (χ0n) is 27.4. The van der Waals surface area contributed by atoms with Crippen LogP contribution in [0.25, 0.3) is 21.9 Å². The zero-order chi connectivity index (χ0) is 32.5. The number of carbonyl (C=O) groups is 2. The second-order valence-corrected chi connectivity index (χ2v) is 12.2. The lowest BCUT2D eigenvalue weighted by Gasteiger charge is -2.31. The first-order chi connectivity index (χ1) is 22.4. The fourth-order valence-electron chi connectivity index (χ4n) is 6.22. The molecule has 5 rings (SSSR count). The first-order valence-corrected chi connectivity index (χ1v) is 16.5. The Balaban J connectivity index is 1.37. The molecule has 7 nitrogen and oxygen atoms in total. The van der Waals surface area contributed by atoms with Crippen molar-refractivity contribution >= 4 is 22.8 Å². The molecule has 0 saturated heterocycles. The molecule has 0 fully saturated rings. The third kappa shape index (κ3) is 8.14. The van der Waals surface area contributed by atoms with Crippen molar-refractivity contribution in [2.75, 3.05) is 32.9 Å². The number of hydrogen-bond donors (Lipinski definition) is 1.